The van der Waals surface area contributed by atoms with Gasteiger partial charge in [-0.3, -0.25) is 4.79 Å². The van der Waals surface area contributed by atoms with Gasteiger partial charge in [-0.05, 0) is 72.2 Å². The monoisotopic (exact) mass is 417 g/mol. The van der Waals surface area contributed by atoms with Gasteiger partial charge in [0, 0.05) is 36.4 Å². The fourth-order valence-electron chi connectivity index (χ4n) is 3.02. The summed E-state index contributed by atoms with van der Waals surface area (Å²) in [6, 6.07) is 8.45. The highest BCUT2D eigenvalue weighted by molar-refractivity contribution is 8.00. The second kappa shape index (κ2) is 10.1. The molecule has 0 saturated carbocycles. The second-order valence-corrected chi connectivity index (χ2v) is 9.06. The van der Waals surface area contributed by atoms with Gasteiger partial charge in [-0.25, -0.2) is 0 Å². The van der Waals surface area contributed by atoms with Crippen molar-refractivity contribution in [2.75, 3.05) is 18.0 Å². The van der Waals surface area contributed by atoms with E-state index in [0.29, 0.717) is 0 Å². The zero-order valence-electron chi connectivity index (χ0n) is 18.8. The number of benzene rings is 1. The minimum Gasteiger partial charge on any atom is -0.372 e. The summed E-state index contributed by atoms with van der Waals surface area (Å²) in [4.78, 5) is 14.9. The van der Waals surface area contributed by atoms with Crippen molar-refractivity contribution in [3.63, 3.8) is 0 Å². The summed E-state index contributed by atoms with van der Waals surface area (Å²) in [5.41, 5.74) is 2.04. The number of thioether (sulfide) groups is 1. The van der Waals surface area contributed by atoms with Gasteiger partial charge in [-0.1, -0.05) is 18.7 Å². The van der Waals surface area contributed by atoms with E-state index in [1.165, 1.54) is 17.4 Å². The third-order valence-electron chi connectivity index (χ3n) is 5.28. The van der Waals surface area contributed by atoms with Gasteiger partial charge in [0.2, 0.25) is 5.91 Å². The van der Waals surface area contributed by atoms with E-state index >= 15 is 0 Å². The average Bonchev–Trinajstić information content (AvgIpc) is 3.11. The molecule has 160 valence electrons. The third kappa shape index (κ3) is 5.75. The van der Waals surface area contributed by atoms with Gasteiger partial charge in [-0.15, -0.1) is 10.2 Å². The lowest BCUT2D eigenvalue weighted by molar-refractivity contribution is -0.121. The molecule has 2 rings (SSSR count). The Morgan fingerprint density at radius 2 is 1.76 bits per heavy atom. The van der Waals surface area contributed by atoms with Crippen LogP contribution in [0.15, 0.2) is 29.4 Å². The standard InChI is InChI=1S/C22H35N5OS/c1-8-22(6,7)23-20(28)16(5)29-21-25-24-19(27(21)11-4)17-12-14-18(15-13-17)26(9-2)10-3/h12-16H,8-11H2,1-7H3,(H,23,28). The van der Waals surface area contributed by atoms with E-state index in [9.17, 15) is 4.79 Å². The molecule has 1 atom stereocenters. The molecule has 1 heterocycles. The van der Waals surface area contributed by atoms with Gasteiger partial charge >= 0.3 is 0 Å². The van der Waals surface area contributed by atoms with Crippen LogP contribution in [0.3, 0.4) is 0 Å². The van der Waals surface area contributed by atoms with E-state index in [0.717, 1.165) is 42.6 Å². The van der Waals surface area contributed by atoms with Crippen LogP contribution in [-0.4, -0.2) is 44.6 Å². The largest absolute Gasteiger partial charge is 0.372 e. The molecule has 29 heavy (non-hydrogen) atoms. The van der Waals surface area contributed by atoms with E-state index in [1.54, 1.807) is 0 Å². The molecule has 6 nitrogen and oxygen atoms in total. The van der Waals surface area contributed by atoms with Crippen LogP contribution >= 0.6 is 11.8 Å². The van der Waals surface area contributed by atoms with Crippen molar-refractivity contribution in [1.29, 1.82) is 0 Å². The van der Waals surface area contributed by atoms with Gasteiger partial charge in [0.05, 0.1) is 5.25 Å². The number of nitrogens with one attached hydrogen (secondary N) is 1. The van der Waals surface area contributed by atoms with Crippen molar-refractivity contribution < 1.29 is 4.79 Å². The van der Waals surface area contributed by atoms with Gasteiger partial charge < -0.3 is 14.8 Å². The molecule has 0 radical (unpaired) electrons. The number of rotatable bonds is 10. The summed E-state index contributed by atoms with van der Waals surface area (Å²) in [6.07, 6.45) is 0.884. The van der Waals surface area contributed by atoms with E-state index in [1.807, 2.05) is 20.8 Å². The molecule has 0 spiro atoms. The molecule has 0 bridgehead atoms. The molecule has 1 aromatic heterocycles. The molecule has 0 fully saturated rings. The molecular formula is C22H35N5OS. The molecule has 1 unspecified atom stereocenters. The number of aromatic nitrogens is 3. The molecule has 0 saturated heterocycles. The number of hydrogen-bond donors (Lipinski definition) is 1. The Morgan fingerprint density at radius 1 is 1.14 bits per heavy atom. The van der Waals surface area contributed by atoms with Gasteiger partial charge in [0.25, 0.3) is 0 Å². The van der Waals surface area contributed by atoms with Crippen LogP contribution in [0, 0.1) is 0 Å². The number of anilines is 1. The topological polar surface area (TPSA) is 63.1 Å². The van der Waals surface area contributed by atoms with Gasteiger partial charge in [0.15, 0.2) is 11.0 Å². The SMILES string of the molecule is CCN(CC)c1ccc(-c2nnc(SC(C)C(=O)NC(C)(C)CC)n2CC)cc1. The zero-order chi connectivity index (χ0) is 21.6. The summed E-state index contributed by atoms with van der Waals surface area (Å²) < 4.78 is 2.08. The lowest BCUT2D eigenvalue weighted by Gasteiger charge is -2.26. The first-order chi connectivity index (χ1) is 13.8. The summed E-state index contributed by atoms with van der Waals surface area (Å²) in [5, 5.41) is 12.4. The zero-order valence-corrected chi connectivity index (χ0v) is 19.6. The smallest absolute Gasteiger partial charge is 0.233 e. The molecule has 0 aliphatic rings. The quantitative estimate of drug-likeness (QED) is 0.573. The van der Waals surface area contributed by atoms with Crippen LogP contribution < -0.4 is 10.2 Å². The normalized spacial score (nSPS) is 12.7. The average molecular weight is 418 g/mol. The summed E-state index contributed by atoms with van der Waals surface area (Å²) >= 11 is 1.45. The minimum absolute atomic E-state index is 0.0256. The van der Waals surface area contributed by atoms with Gasteiger partial charge in [-0.2, -0.15) is 0 Å². The molecule has 1 aromatic carbocycles. The van der Waals surface area contributed by atoms with Crippen molar-refractivity contribution in [2.24, 2.45) is 0 Å². The Kier molecular flexibility index (Phi) is 8.14. The fourth-order valence-corrected chi connectivity index (χ4v) is 3.93. The lowest BCUT2D eigenvalue weighted by Crippen LogP contribution is -2.46. The van der Waals surface area contributed by atoms with Crippen molar-refractivity contribution in [1.82, 2.24) is 20.1 Å². The van der Waals surface area contributed by atoms with Crippen LogP contribution in [-0.2, 0) is 11.3 Å². The summed E-state index contributed by atoms with van der Waals surface area (Å²) in [7, 11) is 0. The third-order valence-corrected chi connectivity index (χ3v) is 6.36. The first-order valence-corrected chi connectivity index (χ1v) is 11.4. The predicted molar refractivity (Wildman–Crippen MR) is 123 cm³/mol. The Morgan fingerprint density at radius 3 is 2.28 bits per heavy atom. The maximum atomic E-state index is 12.6. The van der Waals surface area contributed by atoms with E-state index in [2.05, 4.69) is 76.9 Å². The number of carbonyl (C=O) groups excluding carboxylic acids is 1. The molecular weight excluding hydrogens is 382 g/mol. The van der Waals surface area contributed by atoms with E-state index in [4.69, 9.17) is 0 Å². The van der Waals surface area contributed by atoms with E-state index in [-0.39, 0.29) is 16.7 Å². The van der Waals surface area contributed by atoms with Crippen molar-refractivity contribution in [3.8, 4) is 11.4 Å². The van der Waals surface area contributed by atoms with Gasteiger partial charge in [0.1, 0.15) is 0 Å². The van der Waals surface area contributed by atoms with E-state index < -0.39 is 0 Å². The van der Waals surface area contributed by atoms with Crippen LogP contribution in [0.1, 0.15) is 54.9 Å². The summed E-state index contributed by atoms with van der Waals surface area (Å²) in [5.74, 6) is 0.861. The van der Waals surface area contributed by atoms with Crippen molar-refractivity contribution in [2.45, 2.75) is 77.4 Å². The van der Waals surface area contributed by atoms with Crippen molar-refractivity contribution >= 4 is 23.4 Å². The number of carbonyl (C=O) groups is 1. The number of amides is 1. The molecule has 0 aliphatic carbocycles. The Bertz CT molecular complexity index is 796. The minimum atomic E-state index is -0.242. The molecule has 0 aliphatic heterocycles. The molecule has 1 N–H and O–H groups in total. The highest BCUT2D eigenvalue weighted by Gasteiger charge is 2.24. The van der Waals surface area contributed by atoms with Crippen molar-refractivity contribution in [3.05, 3.63) is 24.3 Å². The highest BCUT2D eigenvalue weighted by Crippen LogP contribution is 2.28. The first kappa shape index (κ1) is 23.3. The van der Waals surface area contributed by atoms with Crippen LogP contribution in [0.4, 0.5) is 5.69 Å². The maximum absolute atomic E-state index is 12.6. The summed E-state index contributed by atoms with van der Waals surface area (Å²) in [6.45, 7) is 17.2. The maximum Gasteiger partial charge on any atom is 0.233 e. The first-order valence-electron chi connectivity index (χ1n) is 10.5. The fraction of sp³-hybridized carbons (Fsp3) is 0.591. The molecule has 1 amide bonds. The van der Waals surface area contributed by atoms with Crippen LogP contribution in [0.2, 0.25) is 0 Å². The predicted octanol–water partition coefficient (Wildman–Crippen LogP) is 4.60. The van der Waals surface area contributed by atoms with Crippen LogP contribution in [0.25, 0.3) is 11.4 Å². The Hall–Kier alpha value is -2.02. The second-order valence-electron chi connectivity index (χ2n) is 7.76. The van der Waals surface area contributed by atoms with Crippen LogP contribution in [0.5, 0.6) is 0 Å². The number of nitrogens with zero attached hydrogens (tertiary/aromatic N) is 4. The number of hydrogen-bond acceptors (Lipinski definition) is 5. The molecule has 2 aromatic rings. The lowest BCUT2D eigenvalue weighted by atomic mass is 10.0. The Labute approximate surface area is 179 Å². The highest BCUT2D eigenvalue weighted by atomic mass is 32.2. The molecule has 7 heteroatoms. The Balaban J connectivity index is 2.19.